The molecule has 1 saturated heterocycles. The fourth-order valence-corrected chi connectivity index (χ4v) is 3.43. The van der Waals surface area contributed by atoms with E-state index in [1.54, 1.807) is 4.90 Å². The molecule has 0 aromatic heterocycles. The van der Waals surface area contributed by atoms with Crippen LogP contribution in [0.4, 0.5) is 0 Å². The highest BCUT2D eigenvalue weighted by Crippen LogP contribution is 2.04. The van der Waals surface area contributed by atoms with Gasteiger partial charge in [-0.1, -0.05) is 19.8 Å². The normalized spacial score (nSPS) is 21.0. The standard InChI is InChI=1S/C12H24N2O3S/c1-3-4-5-8-18(16,17)10-12(15)14-7-6-13-11(2)9-14/h11,13H,3-10H2,1-2H3. The van der Waals surface area contributed by atoms with Crippen molar-refractivity contribution in [3.8, 4) is 0 Å². The molecule has 1 atom stereocenters. The quantitative estimate of drug-likeness (QED) is 0.714. The Kier molecular flexibility index (Phi) is 6.08. The average molecular weight is 276 g/mol. The first kappa shape index (κ1) is 15.4. The number of carbonyl (C=O) groups excluding carboxylic acids is 1. The Hall–Kier alpha value is -0.620. The van der Waals surface area contributed by atoms with E-state index < -0.39 is 9.84 Å². The second-order valence-corrected chi connectivity index (χ2v) is 7.18. The summed E-state index contributed by atoms with van der Waals surface area (Å²) in [5, 5.41) is 3.23. The minimum atomic E-state index is -3.23. The van der Waals surface area contributed by atoms with Gasteiger partial charge in [-0.15, -0.1) is 0 Å². The molecule has 5 nitrogen and oxygen atoms in total. The van der Waals surface area contributed by atoms with Crippen molar-refractivity contribution < 1.29 is 13.2 Å². The fourth-order valence-electron chi connectivity index (χ4n) is 2.08. The summed E-state index contributed by atoms with van der Waals surface area (Å²) in [5.41, 5.74) is 0. The molecule has 1 heterocycles. The van der Waals surface area contributed by atoms with Gasteiger partial charge in [0.1, 0.15) is 5.75 Å². The molecule has 1 fully saturated rings. The molecule has 1 aliphatic rings. The highest BCUT2D eigenvalue weighted by molar-refractivity contribution is 7.92. The second kappa shape index (κ2) is 7.09. The Labute approximate surface area is 110 Å². The molecular formula is C12H24N2O3S. The number of hydrogen-bond donors (Lipinski definition) is 1. The molecule has 0 aromatic carbocycles. The van der Waals surface area contributed by atoms with Crippen LogP contribution in [0.3, 0.4) is 0 Å². The summed E-state index contributed by atoms with van der Waals surface area (Å²) in [5.74, 6) is -0.447. The third-order valence-electron chi connectivity index (χ3n) is 3.12. The average Bonchev–Trinajstić information content (AvgIpc) is 2.28. The lowest BCUT2D eigenvalue weighted by Crippen LogP contribution is -2.52. The maximum Gasteiger partial charge on any atom is 0.237 e. The molecule has 0 bridgehead atoms. The van der Waals surface area contributed by atoms with E-state index in [9.17, 15) is 13.2 Å². The van der Waals surface area contributed by atoms with Crippen molar-refractivity contribution in [1.82, 2.24) is 10.2 Å². The van der Waals surface area contributed by atoms with Gasteiger partial charge in [-0.3, -0.25) is 4.79 Å². The van der Waals surface area contributed by atoms with Crippen LogP contribution < -0.4 is 5.32 Å². The Morgan fingerprint density at radius 1 is 1.39 bits per heavy atom. The largest absolute Gasteiger partial charge is 0.339 e. The van der Waals surface area contributed by atoms with Crippen LogP contribution in [0.2, 0.25) is 0 Å². The van der Waals surface area contributed by atoms with Crippen LogP contribution in [0.1, 0.15) is 33.1 Å². The summed E-state index contributed by atoms with van der Waals surface area (Å²) in [6.07, 6.45) is 2.54. The van der Waals surface area contributed by atoms with Crippen molar-refractivity contribution >= 4 is 15.7 Å². The van der Waals surface area contributed by atoms with Gasteiger partial charge in [0.15, 0.2) is 9.84 Å². The number of piperazine rings is 1. The van der Waals surface area contributed by atoms with Crippen molar-refractivity contribution in [3.63, 3.8) is 0 Å². The van der Waals surface area contributed by atoms with E-state index in [1.807, 2.05) is 13.8 Å². The van der Waals surface area contributed by atoms with Gasteiger partial charge in [-0.2, -0.15) is 0 Å². The van der Waals surface area contributed by atoms with E-state index in [-0.39, 0.29) is 23.5 Å². The molecular weight excluding hydrogens is 252 g/mol. The van der Waals surface area contributed by atoms with Crippen molar-refractivity contribution in [1.29, 1.82) is 0 Å². The lowest BCUT2D eigenvalue weighted by atomic mass is 10.2. The molecule has 0 aliphatic carbocycles. The monoisotopic (exact) mass is 276 g/mol. The first-order chi connectivity index (χ1) is 8.44. The van der Waals surface area contributed by atoms with Crippen LogP contribution in [0.5, 0.6) is 0 Å². The van der Waals surface area contributed by atoms with Crippen LogP contribution in [-0.4, -0.2) is 56.4 Å². The van der Waals surface area contributed by atoms with Crippen molar-refractivity contribution in [3.05, 3.63) is 0 Å². The van der Waals surface area contributed by atoms with Gasteiger partial charge in [0.25, 0.3) is 0 Å². The molecule has 6 heteroatoms. The van der Waals surface area contributed by atoms with Crippen LogP contribution in [0.25, 0.3) is 0 Å². The molecule has 1 N–H and O–H groups in total. The smallest absolute Gasteiger partial charge is 0.237 e. The molecule has 0 spiro atoms. The third kappa shape index (κ3) is 5.35. The Morgan fingerprint density at radius 2 is 2.11 bits per heavy atom. The van der Waals surface area contributed by atoms with E-state index >= 15 is 0 Å². The van der Waals surface area contributed by atoms with Gasteiger partial charge in [0.2, 0.25) is 5.91 Å². The summed E-state index contributed by atoms with van der Waals surface area (Å²) in [6, 6.07) is 0.241. The number of rotatable bonds is 6. The van der Waals surface area contributed by atoms with Crippen LogP contribution in [0.15, 0.2) is 0 Å². The maximum atomic E-state index is 11.9. The van der Waals surface area contributed by atoms with Crippen molar-refractivity contribution in [2.45, 2.75) is 39.2 Å². The topological polar surface area (TPSA) is 66.5 Å². The maximum absolute atomic E-state index is 11.9. The van der Waals surface area contributed by atoms with Crippen LogP contribution in [-0.2, 0) is 14.6 Å². The van der Waals surface area contributed by atoms with Gasteiger partial charge in [-0.05, 0) is 13.3 Å². The number of nitrogens with zero attached hydrogens (tertiary/aromatic N) is 1. The highest BCUT2D eigenvalue weighted by Gasteiger charge is 2.24. The first-order valence-corrected chi connectivity index (χ1v) is 8.48. The number of nitrogens with one attached hydrogen (secondary N) is 1. The van der Waals surface area contributed by atoms with E-state index in [2.05, 4.69) is 5.32 Å². The molecule has 0 radical (unpaired) electrons. The van der Waals surface area contributed by atoms with Crippen molar-refractivity contribution in [2.75, 3.05) is 31.1 Å². The number of sulfone groups is 1. The van der Waals surface area contributed by atoms with Crippen molar-refractivity contribution in [2.24, 2.45) is 0 Å². The predicted molar refractivity (Wildman–Crippen MR) is 72.2 cm³/mol. The van der Waals surface area contributed by atoms with E-state index in [0.717, 1.165) is 19.4 Å². The van der Waals surface area contributed by atoms with Gasteiger partial charge in [-0.25, -0.2) is 8.42 Å². The van der Waals surface area contributed by atoms with Gasteiger partial charge in [0, 0.05) is 25.7 Å². The van der Waals surface area contributed by atoms with Gasteiger partial charge >= 0.3 is 0 Å². The molecule has 0 saturated carbocycles. The second-order valence-electron chi connectivity index (χ2n) is 4.99. The Morgan fingerprint density at radius 3 is 2.72 bits per heavy atom. The molecule has 1 rings (SSSR count). The zero-order chi connectivity index (χ0) is 13.6. The van der Waals surface area contributed by atoms with Gasteiger partial charge in [0.05, 0.1) is 5.75 Å². The summed E-state index contributed by atoms with van der Waals surface area (Å²) < 4.78 is 23.6. The van der Waals surface area contributed by atoms with E-state index in [0.29, 0.717) is 19.5 Å². The SMILES string of the molecule is CCCCCS(=O)(=O)CC(=O)N1CCNC(C)C1. The Balaban J connectivity index is 2.42. The van der Waals surface area contributed by atoms with Gasteiger partial charge < -0.3 is 10.2 Å². The molecule has 106 valence electrons. The number of amides is 1. The first-order valence-electron chi connectivity index (χ1n) is 6.66. The zero-order valence-electron chi connectivity index (χ0n) is 11.3. The van der Waals surface area contributed by atoms with E-state index in [4.69, 9.17) is 0 Å². The highest BCUT2D eigenvalue weighted by atomic mass is 32.2. The minimum Gasteiger partial charge on any atom is -0.339 e. The predicted octanol–water partition coefficient (Wildman–Crippen LogP) is 0.412. The summed E-state index contributed by atoms with van der Waals surface area (Å²) in [4.78, 5) is 13.6. The van der Waals surface area contributed by atoms with E-state index in [1.165, 1.54) is 0 Å². The molecule has 1 amide bonds. The lowest BCUT2D eigenvalue weighted by molar-refractivity contribution is -0.129. The zero-order valence-corrected chi connectivity index (χ0v) is 12.1. The van der Waals surface area contributed by atoms with Crippen LogP contribution in [0, 0.1) is 0 Å². The summed E-state index contributed by atoms with van der Waals surface area (Å²) in [7, 11) is -3.23. The molecule has 18 heavy (non-hydrogen) atoms. The summed E-state index contributed by atoms with van der Waals surface area (Å²) >= 11 is 0. The fraction of sp³-hybridized carbons (Fsp3) is 0.917. The minimum absolute atomic E-state index is 0.133. The number of unbranched alkanes of at least 4 members (excludes halogenated alkanes) is 2. The Bertz CT molecular complexity index is 368. The molecule has 1 unspecified atom stereocenters. The molecule has 0 aromatic rings. The number of hydrogen-bond acceptors (Lipinski definition) is 4. The third-order valence-corrected chi connectivity index (χ3v) is 4.72. The van der Waals surface area contributed by atoms with Crippen LogP contribution >= 0.6 is 0 Å². The molecule has 1 aliphatic heterocycles. The number of carbonyl (C=O) groups is 1. The lowest BCUT2D eigenvalue weighted by Gasteiger charge is -2.31. The summed E-state index contributed by atoms with van der Waals surface area (Å²) in [6.45, 7) is 5.97.